The number of halogens is 1. The molecule has 0 radical (unpaired) electrons. The topological polar surface area (TPSA) is 72.5 Å². The Balaban J connectivity index is 2.99. The molecule has 3 N–H and O–H groups in total. The third-order valence-corrected chi connectivity index (χ3v) is 2.35. The molecule has 1 aromatic carbocycles. The molecule has 0 fully saturated rings. The summed E-state index contributed by atoms with van der Waals surface area (Å²) in [6.07, 6.45) is -0.918. The summed E-state index contributed by atoms with van der Waals surface area (Å²) >= 11 is 5.83. The van der Waals surface area contributed by atoms with Crippen LogP contribution in [-0.2, 0) is 4.79 Å². The van der Waals surface area contributed by atoms with Crippen LogP contribution < -0.4 is 10.5 Å². The number of hydrogen-bond acceptors (Lipinski definition) is 3. The van der Waals surface area contributed by atoms with Gasteiger partial charge in [-0.1, -0.05) is 11.6 Å². The number of nitrogens with two attached hydrogens (primary N) is 1. The first-order chi connectivity index (χ1) is 7.41. The molecular weight excluding hydrogens is 230 g/mol. The molecule has 4 nitrogen and oxygen atoms in total. The first-order valence-corrected chi connectivity index (χ1v) is 5.24. The van der Waals surface area contributed by atoms with Gasteiger partial charge in [0.1, 0.15) is 5.75 Å². The zero-order valence-corrected chi connectivity index (χ0v) is 9.86. The summed E-state index contributed by atoms with van der Waals surface area (Å²) in [5.74, 6) is -0.570. The SMILES string of the molecule is CC(Oc1ccc(Cl)cc1C(C)N)C(=O)O. The van der Waals surface area contributed by atoms with Crippen molar-refractivity contribution in [3.8, 4) is 5.75 Å². The van der Waals surface area contributed by atoms with E-state index in [9.17, 15) is 4.79 Å². The quantitative estimate of drug-likeness (QED) is 0.851. The molecular formula is C11H14ClNO3. The predicted molar refractivity (Wildman–Crippen MR) is 61.8 cm³/mol. The minimum Gasteiger partial charge on any atom is -0.479 e. The van der Waals surface area contributed by atoms with Gasteiger partial charge in [0.15, 0.2) is 6.10 Å². The largest absolute Gasteiger partial charge is 0.479 e. The number of benzene rings is 1. The molecule has 0 amide bonds. The van der Waals surface area contributed by atoms with Gasteiger partial charge < -0.3 is 15.6 Å². The molecule has 0 spiro atoms. The van der Waals surface area contributed by atoms with Crippen LogP contribution in [0.1, 0.15) is 25.5 Å². The molecule has 0 saturated carbocycles. The third-order valence-electron chi connectivity index (χ3n) is 2.11. The lowest BCUT2D eigenvalue weighted by Gasteiger charge is -2.16. The molecule has 0 aliphatic carbocycles. The van der Waals surface area contributed by atoms with Gasteiger partial charge in [-0.05, 0) is 32.0 Å². The lowest BCUT2D eigenvalue weighted by atomic mass is 10.1. The number of ether oxygens (including phenoxy) is 1. The smallest absolute Gasteiger partial charge is 0.344 e. The van der Waals surface area contributed by atoms with E-state index in [2.05, 4.69) is 0 Å². The summed E-state index contributed by atoms with van der Waals surface area (Å²) < 4.78 is 5.29. The van der Waals surface area contributed by atoms with Crippen molar-refractivity contribution in [2.24, 2.45) is 5.73 Å². The lowest BCUT2D eigenvalue weighted by molar-refractivity contribution is -0.144. The molecule has 88 valence electrons. The highest BCUT2D eigenvalue weighted by atomic mass is 35.5. The van der Waals surface area contributed by atoms with Crippen LogP contribution in [0.4, 0.5) is 0 Å². The average molecular weight is 244 g/mol. The summed E-state index contributed by atoms with van der Waals surface area (Å²) in [6.45, 7) is 3.24. The second-order valence-electron chi connectivity index (χ2n) is 3.57. The third kappa shape index (κ3) is 3.12. The van der Waals surface area contributed by atoms with Crippen molar-refractivity contribution in [3.63, 3.8) is 0 Å². The Bertz CT molecular complexity index is 393. The second kappa shape index (κ2) is 5.18. The van der Waals surface area contributed by atoms with Crippen molar-refractivity contribution in [2.75, 3.05) is 0 Å². The minimum atomic E-state index is -1.02. The van der Waals surface area contributed by atoms with Crippen molar-refractivity contribution in [1.29, 1.82) is 0 Å². The fourth-order valence-corrected chi connectivity index (χ4v) is 1.40. The van der Waals surface area contributed by atoms with Crippen molar-refractivity contribution < 1.29 is 14.6 Å². The molecule has 0 saturated heterocycles. The predicted octanol–water partition coefficient (Wildman–Crippen LogP) is 2.21. The average Bonchev–Trinajstić information content (AvgIpc) is 2.20. The molecule has 0 aromatic heterocycles. The molecule has 0 aliphatic rings. The molecule has 1 aromatic rings. The van der Waals surface area contributed by atoms with Gasteiger partial charge in [-0.2, -0.15) is 0 Å². The molecule has 0 heterocycles. The highest BCUT2D eigenvalue weighted by molar-refractivity contribution is 6.30. The Hall–Kier alpha value is -1.26. The van der Waals surface area contributed by atoms with Crippen molar-refractivity contribution in [1.82, 2.24) is 0 Å². The van der Waals surface area contributed by atoms with Crippen LogP contribution in [0, 0.1) is 0 Å². The fraction of sp³-hybridized carbons (Fsp3) is 0.364. The zero-order chi connectivity index (χ0) is 12.3. The molecule has 2 unspecified atom stereocenters. The summed E-state index contributed by atoms with van der Waals surface area (Å²) in [4.78, 5) is 10.7. The normalized spacial score (nSPS) is 14.2. The van der Waals surface area contributed by atoms with E-state index in [1.807, 2.05) is 0 Å². The van der Waals surface area contributed by atoms with E-state index in [0.29, 0.717) is 16.3 Å². The van der Waals surface area contributed by atoms with Crippen LogP contribution in [-0.4, -0.2) is 17.2 Å². The van der Waals surface area contributed by atoms with Crippen molar-refractivity contribution >= 4 is 17.6 Å². The zero-order valence-electron chi connectivity index (χ0n) is 9.11. The molecule has 5 heteroatoms. The van der Waals surface area contributed by atoms with Crippen molar-refractivity contribution in [2.45, 2.75) is 26.0 Å². The second-order valence-corrected chi connectivity index (χ2v) is 4.01. The minimum absolute atomic E-state index is 0.269. The molecule has 2 atom stereocenters. The molecule has 16 heavy (non-hydrogen) atoms. The van der Waals surface area contributed by atoms with Crippen LogP contribution >= 0.6 is 11.6 Å². The van der Waals surface area contributed by atoms with Gasteiger partial charge in [0, 0.05) is 16.6 Å². The van der Waals surface area contributed by atoms with Gasteiger partial charge in [0.2, 0.25) is 0 Å². The highest BCUT2D eigenvalue weighted by Crippen LogP contribution is 2.27. The number of rotatable bonds is 4. The number of carboxylic acid groups (broad SMARTS) is 1. The Morgan fingerprint density at radius 3 is 2.62 bits per heavy atom. The van der Waals surface area contributed by atoms with Gasteiger partial charge in [0.25, 0.3) is 0 Å². The van der Waals surface area contributed by atoms with E-state index in [-0.39, 0.29) is 6.04 Å². The van der Waals surface area contributed by atoms with Gasteiger partial charge in [-0.3, -0.25) is 0 Å². The van der Waals surface area contributed by atoms with Gasteiger partial charge >= 0.3 is 5.97 Å². The summed E-state index contributed by atoms with van der Waals surface area (Å²) in [5, 5.41) is 9.29. The summed E-state index contributed by atoms with van der Waals surface area (Å²) in [6, 6.07) is 4.67. The maximum Gasteiger partial charge on any atom is 0.344 e. The maximum atomic E-state index is 10.7. The van der Waals surface area contributed by atoms with Crippen molar-refractivity contribution in [3.05, 3.63) is 28.8 Å². The maximum absolute atomic E-state index is 10.7. The lowest BCUT2D eigenvalue weighted by Crippen LogP contribution is -2.24. The van der Waals surface area contributed by atoms with E-state index in [1.165, 1.54) is 6.92 Å². The Kier molecular flexibility index (Phi) is 4.15. The van der Waals surface area contributed by atoms with E-state index < -0.39 is 12.1 Å². The Morgan fingerprint density at radius 1 is 1.50 bits per heavy atom. The van der Waals surface area contributed by atoms with Gasteiger partial charge in [0.05, 0.1) is 0 Å². The van der Waals surface area contributed by atoms with Crippen LogP contribution in [0.15, 0.2) is 18.2 Å². The number of hydrogen-bond donors (Lipinski definition) is 2. The fourth-order valence-electron chi connectivity index (χ4n) is 1.22. The summed E-state index contributed by atoms with van der Waals surface area (Å²) in [7, 11) is 0. The van der Waals surface area contributed by atoms with E-state index in [0.717, 1.165) is 0 Å². The standard InChI is InChI=1S/C11H14ClNO3/c1-6(13)9-5-8(12)3-4-10(9)16-7(2)11(14)15/h3-7H,13H2,1-2H3,(H,14,15). The van der Waals surface area contributed by atoms with Crippen LogP contribution in [0.3, 0.4) is 0 Å². The first-order valence-electron chi connectivity index (χ1n) is 4.86. The molecule has 0 bridgehead atoms. The van der Waals surface area contributed by atoms with Crippen LogP contribution in [0.25, 0.3) is 0 Å². The van der Waals surface area contributed by atoms with Gasteiger partial charge in [-0.15, -0.1) is 0 Å². The molecule has 1 rings (SSSR count). The highest BCUT2D eigenvalue weighted by Gasteiger charge is 2.16. The first kappa shape index (κ1) is 12.8. The Morgan fingerprint density at radius 2 is 2.12 bits per heavy atom. The van der Waals surface area contributed by atoms with Gasteiger partial charge in [-0.25, -0.2) is 4.79 Å². The Labute approximate surface area is 99.0 Å². The molecule has 0 aliphatic heterocycles. The van der Waals surface area contributed by atoms with E-state index in [1.54, 1.807) is 25.1 Å². The van der Waals surface area contributed by atoms with E-state index in [4.69, 9.17) is 27.2 Å². The van der Waals surface area contributed by atoms with Crippen LogP contribution in [0.2, 0.25) is 5.02 Å². The van der Waals surface area contributed by atoms with Crippen LogP contribution in [0.5, 0.6) is 5.75 Å². The number of carbonyl (C=O) groups is 1. The number of aliphatic carboxylic acids is 1. The van der Waals surface area contributed by atoms with E-state index >= 15 is 0 Å². The monoisotopic (exact) mass is 243 g/mol. The number of carboxylic acids is 1. The summed E-state index contributed by atoms with van der Waals surface area (Å²) in [5.41, 5.74) is 6.44.